The maximum Gasteiger partial charge on any atom is 0.201 e. The lowest BCUT2D eigenvalue weighted by molar-refractivity contribution is 0.409. The second-order valence-corrected chi connectivity index (χ2v) is 3.35. The Labute approximate surface area is 82.5 Å². The highest BCUT2D eigenvalue weighted by Gasteiger charge is 2.14. The highest BCUT2D eigenvalue weighted by Crippen LogP contribution is 2.32. The predicted octanol–water partition coefficient (Wildman–Crippen LogP) is 2.79. The number of nitrogens with zero attached hydrogens (tertiary/aromatic N) is 1. The average Bonchev–Trinajstić information content (AvgIpc) is 2.67. The van der Waals surface area contributed by atoms with Gasteiger partial charge in [0.25, 0.3) is 0 Å². The van der Waals surface area contributed by atoms with Gasteiger partial charge in [-0.2, -0.15) is 4.39 Å². The molecule has 72 valence electrons. The quantitative estimate of drug-likeness (QED) is 0.790. The summed E-state index contributed by atoms with van der Waals surface area (Å²) in [5, 5.41) is 10.9. The van der Waals surface area contributed by atoms with Crippen LogP contribution in [0.5, 0.6) is 5.75 Å². The molecule has 14 heavy (non-hydrogen) atoms. The van der Waals surface area contributed by atoms with E-state index in [9.17, 15) is 13.9 Å². The van der Waals surface area contributed by atoms with Crippen molar-refractivity contribution in [2.75, 3.05) is 0 Å². The summed E-state index contributed by atoms with van der Waals surface area (Å²) in [6.07, 6.45) is 0. The SMILES string of the molecule is Oc1c(-c2cscn2)ccc(F)c1F. The number of rotatable bonds is 1. The third-order valence-electron chi connectivity index (χ3n) is 1.78. The summed E-state index contributed by atoms with van der Waals surface area (Å²) >= 11 is 1.31. The molecule has 1 aromatic carbocycles. The highest BCUT2D eigenvalue weighted by atomic mass is 32.1. The van der Waals surface area contributed by atoms with Crippen LogP contribution in [-0.4, -0.2) is 10.1 Å². The number of benzene rings is 1. The largest absolute Gasteiger partial charge is 0.504 e. The first-order valence-corrected chi connectivity index (χ1v) is 4.70. The van der Waals surface area contributed by atoms with Crippen molar-refractivity contribution < 1.29 is 13.9 Å². The molecule has 0 unspecified atom stereocenters. The molecule has 2 nitrogen and oxygen atoms in total. The van der Waals surface area contributed by atoms with Gasteiger partial charge in [0, 0.05) is 10.9 Å². The molecule has 0 aliphatic rings. The van der Waals surface area contributed by atoms with Gasteiger partial charge < -0.3 is 5.11 Å². The van der Waals surface area contributed by atoms with E-state index in [-0.39, 0.29) is 5.56 Å². The Balaban J connectivity index is 2.61. The molecule has 2 aromatic rings. The minimum atomic E-state index is -1.24. The molecule has 1 N–H and O–H groups in total. The first-order chi connectivity index (χ1) is 6.70. The first-order valence-electron chi connectivity index (χ1n) is 3.75. The van der Waals surface area contributed by atoms with E-state index < -0.39 is 17.4 Å². The van der Waals surface area contributed by atoms with Crippen LogP contribution in [0.25, 0.3) is 11.3 Å². The third-order valence-corrected chi connectivity index (χ3v) is 2.36. The molecule has 0 aliphatic heterocycles. The minimum Gasteiger partial charge on any atom is -0.504 e. The summed E-state index contributed by atoms with van der Waals surface area (Å²) in [5.41, 5.74) is 2.19. The summed E-state index contributed by atoms with van der Waals surface area (Å²) < 4.78 is 25.6. The molecular formula is C9H5F2NOS. The number of aromatic nitrogens is 1. The van der Waals surface area contributed by atoms with Gasteiger partial charge in [0.2, 0.25) is 5.82 Å². The normalized spacial score (nSPS) is 10.4. The fourth-order valence-electron chi connectivity index (χ4n) is 1.09. The number of phenols is 1. The van der Waals surface area contributed by atoms with Crippen molar-refractivity contribution >= 4 is 11.3 Å². The van der Waals surface area contributed by atoms with Crippen molar-refractivity contribution in [1.82, 2.24) is 4.98 Å². The second kappa shape index (κ2) is 3.34. The Morgan fingerprint density at radius 2 is 2.07 bits per heavy atom. The molecule has 0 fully saturated rings. The molecule has 5 heteroatoms. The Morgan fingerprint density at radius 1 is 1.29 bits per heavy atom. The maximum atomic E-state index is 12.9. The van der Waals surface area contributed by atoms with E-state index in [0.29, 0.717) is 5.69 Å². The lowest BCUT2D eigenvalue weighted by atomic mass is 10.1. The fraction of sp³-hybridized carbons (Fsp3) is 0. The molecule has 0 amide bonds. The van der Waals surface area contributed by atoms with Crippen molar-refractivity contribution in [3.05, 3.63) is 34.7 Å². The van der Waals surface area contributed by atoms with E-state index in [4.69, 9.17) is 0 Å². The van der Waals surface area contributed by atoms with Crippen LogP contribution in [0.15, 0.2) is 23.0 Å². The maximum absolute atomic E-state index is 12.9. The van der Waals surface area contributed by atoms with E-state index in [1.54, 1.807) is 10.9 Å². The van der Waals surface area contributed by atoms with Crippen LogP contribution >= 0.6 is 11.3 Å². The Kier molecular flexibility index (Phi) is 2.17. The highest BCUT2D eigenvalue weighted by molar-refractivity contribution is 7.07. The summed E-state index contributed by atoms with van der Waals surface area (Å²) in [5.74, 6) is -3.01. The van der Waals surface area contributed by atoms with Gasteiger partial charge in [-0.1, -0.05) is 0 Å². The van der Waals surface area contributed by atoms with Gasteiger partial charge in [-0.3, -0.25) is 0 Å². The topological polar surface area (TPSA) is 33.1 Å². The summed E-state index contributed by atoms with van der Waals surface area (Å²) in [7, 11) is 0. The van der Waals surface area contributed by atoms with Crippen LogP contribution in [-0.2, 0) is 0 Å². The number of hydrogen-bond acceptors (Lipinski definition) is 3. The van der Waals surface area contributed by atoms with Crippen molar-refractivity contribution in [1.29, 1.82) is 0 Å². The Hall–Kier alpha value is -1.49. The summed E-state index contributed by atoms with van der Waals surface area (Å²) in [6, 6.07) is 2.26. The van der Waals surface area contributed by atoms with Gasteiger partial charge in [-0.25, -0.2) is 9.37 Å². The molecule has 0 saturated carbocycles. The first kappa shape index (κ1) is 9.08. The van der Waals surface area contributed by atoms with Crippen LogP contribution < -0.4 is 0 Å². The third kappa shape index (κ3) is 1.35. The van der Waals surface area contributed by atoms with Gasteiger partial charge >= 0.3 is 0 Å². The Bertz CT molecular complexity index is 456. The van der Waals surface area contributed by atoms with Crippen LogP contribution in [0.4, 0.5) is 8.78 Å². The van der Waals surface area contributed by atoms with Gasteiger partial charge in [-0.15, -0.1) is 11.3 Å². The van der Waals surface area contributed by atoms with Crippen molar-refractivity contribution in [2.45, 2.75) is 0 Å². The smallest absolute Gasteiger partial charge is 0.201 e. The number of aromatic hydroxyl groups is 1. The standard InChI is InChI=1S/C9H5F2NOS/c10-6-2-1-5(9(13)8(6)11)7-3-14-4-12-7/h1-4,13H. The van der Waals surface area contributed by atoms with Crippen LogP contribution in [0.1, 0.15) is 0 Å². The van der Waals surface area contributed by atoms with Crippen LogP contribution in [0, 0.1) is 11.6 Å². The number of thiazole rings is 1. The van der Waals surface area contributed by atoms with Crippen LogP contribution in [0.3, 0.4) is 0 Å². The van der Waals surface area contributed by atoms with Crippen molar-refractivity contribution in [2.24, 2.45) is 0 Å². The van der Waals surface area contributed by atoms with E-state index in [1.165, 1.54) is 17.4 Å². The molecule has 2 rings (SSSR count). The number of phenolic OH excluding ortho intramolecular Hbond substituents is 1. The molecular weight excluding hydrogens is 208 g/mol. The molecule has 0 bridgehead atoms. The van der Waals surface area contributed by atoms with Gasteiger partial charge in [0.1, 0.15) is 0 Å². The second-order valence-electron chi connectivity index (χ2n) is 2.63. The Morgan fingerprint density at radius 3 is 2.71 bits per heavy atom. The zero-order valence-electron chi connectivity index (χ0n) is 6.87. The summed E-state index contributed by atoms with van der Waals surface area (Å²) in [6.45, 7) is 0. The number of halogens is 2. The molecule has 0 radical (unpaired) electrons. The monoisotopic (exact) mass is 213 g/mol. The minimum absolute atomic E-state index is 0.199. The van der Waals surface area contributed by atoms with Crippen molar-refractivity contribution in [3.63, 3.8) is 0 Å². The summed E-state index contributed by atoms with van der Waals surface area (Å²) in [4.78, 5) is 3.89. The fourth-order valence-corrected chi connectivity index (χ4v) is 1.64. The van der Waals surface area contributed by atoms with Crippen molar-refractivity contribution in [3.8, 4) is 17.0 Å². The van der Waals surface area contributed by atoms with Crippen LogP contribution in [0.2, 0.25) is 0 Å². The molecule has 1 heterocycles. The molecule has 0 atom stereocenters. The molecule has 0 spiro atoms. The zero-order chi connectivity index (χ0) is 10.1. The lowest BCUT2D eigenvalue weighted by Crippen LogP contribution is -1.87. The lowest BCUT2D eigenvalue weighted by Gasteiger charge is -2.02. The molecule has 0 aliphatic carbocycles. The van der Waals surface area contributed by atoms with Gasteiger partial charge in [-0.05, 0) is 12.1 Å². The van der Waals surface area contributed by atoms with E-state index in [0.717, 1.165) is 6.07 Å². The van der Waals surface area contributed by atoms with E-state index in [2.05, 4.69) is 4.98 Å². The van der Waals surface area contributed by atoms with E-state index in [1.807, 2.05) is 0 Å². The zero-order valence-corrected chi connectivity index (χ0v) is 7.68. The molecule has 1 aromatic heterocycles. The van der Waals surface area contributed by atoms with E-state index >= 15 is 0 Å². The van der Waals surface area contributed by atoms with Gasteiger partial charge in [0.05, 0.1) is 11.2 Å². The predicted molar refractivity (Wildman–Crippen MR) is 49.1 cm³/mol. The average molecular weight is 213 g/mol. The number of hydrogen-bond donors (Lipinski definition) is 1. The molecule has 0 saturated heterocycles. The van der Waals surface area contributed by atoms with Gasteiger partial charge in [0.15, 0.2) is 11.6 Å².